The van der Waals surface area contributed by atoms with E-state index < -0.39 is 0 Å². The summed E-state index contributed by atoms with van der Waals surface area (Å²) in [6.07, 6.45) is 1.77. The number of thioether (sulfide) groups is 1. The molecule has 0 saturated heterocycles. The van der Waals surface area contributed by atoms with Gasteiger partial charge in [-0.25, -0.2) is 0 Å². The zero-order valence-corrected chi connectivity index (χ0v) is 14.0. The minimum absolute atomic E-state index is 0.0589. The molecule has 1 unspecified atom stereocenters. The standard InChI is InChI=1S/C17H20O5S/c1-20-15-6-5-12(10-16(15)21-2)17(23-9-7-18)11-13(19)14-4-3-8-22-14/h3-6,8,10,17-18H,7,9,11H2,1-2H3. The lowest BCUT2D eigenvalue weighted by molar-refractivity contribution is 0.0955. The number of rotatable bonds is 9. The Hall–Kier alpha value is -1.92. The number of carbonyl (C=O) groups is 1. The highest BCUT2D eigenvalue weighted by molar-refractivity contribution is 7.99. The second-order valence-electron chi connectivity index (χ2n) is 4.80. The van der Waals surface area contributed by atoms with Crippen molar-refractivity contribution < 1.29 is 23.8 Å². The molecule has 2 rings (SSSR count). The van der Waals surface area contributed by atoms with Crippen LogP contribution in [-0.2, 0) is 0 Å². The van der Waals surface area contributed by atoms with Crippen LogP contribution in [0.5, 0.6) is 11.5 Å². The van der Waals surface area contributed by atoms with Crippen LogP contribution in [0.1, 0.15) is 27.8 Å². The van der Waals surface area contributed by atoms with Crippen molar-refractivity contribution in [1.29, 1.82) is 0 Å². The van der Waals surface area contributed by atoms with Crippen molar-refractivity contribution in [3.63, 3.8) is 0 Å². The number of hydrogen-bond donors (Lipinski definition) is 1. The lowest BCUT2D eigenvalue weighted by Gasteiger charge is -2.17. The molecule has 1 aromatic carbocycles. The number of ketones is 1. The highest BCUT2D eigenvalue weighted by Crippen LogP contribution is 2.37. The fraction of sp³-hybridized carbons (Fsp3) is 0.353. The van der Waals surface area contributed by atoms with Gasteiger partial charge in [0.1, 0.15) is 0 Å². The largest absolute Gasteiger partial charge is 0.493 e. The van der Waals surface area contributed by atoms with E-state index in [4.69, 9.17) is 19.0 Å². The summed E-state index contributed by atoms with van der Waals surface area (Å²) in [5, 5.41) is 9.00. The number of methoxy groups -OCH3 is 2. The molecule has 0 radical (unpaired) electrons. The molecule has 0 aliphatic heterocycles. The maximum atomic E-state index is 12.3. The molecular weight excluding hydrogens is 316 g/mol. The van der Waals surface area contributed by atoms with Gasteiger partial charge in [-0.1, -0.05) is 6.07 Å². The van der Waals surface area contributed by atoms with Crippen molar-refractivity contribution >= 4 is 17.5 Å². The van der Waals surface area contributed by atoms with Crippen molar-refractivity contribution in [1.82, 2.24) is 0 Å². The van der Waals surface area contributed by atoms with E-state index in [0.717, 1.165) is 5.56 Å². The molecule has 124 valence electrons. The molecule has 1 atom stereocenters. The van der Waals surface area contributed by atoms with Crippen LogP contribution >= 0.6 is 11.8 Å². The van der Waals surface area contributed by atoms with Gasteiger partial charge in [0.25, 0.3) is 0 Å². The first-order valence-corrected chi connectivity index (χ1v) is 8.25. The topological polar surface area (TPSA) is 68.9 Å². The van der Waals surface area contributed by atoms with Gasteiger partial charge in [-0.15, -0.1) is 0 Å². The molecule has 0 spiro atoms. The molecule has 0 aliphatic rings. The van der Waals surface area contributed by atoms with Crippen LogP contribution in [0.3, 0.4) is 0 Å². The minimum Gasteiger partial charge on any atom is -0.493 e. The average Bonchev–Trinajstić information content (AvgIpc) is 3.12. The van der Waals surface area contributed by atoms with Crippen molar-refractivity contribution in [3.05, 3.63) is 47.9 Å². The van der Waals surface area contributed by atoms with E-state index in [2.05, 4.69) is 0 Å². The quantitative estimate of drug-likeness (QED) is 0.708. The minimum atomic E-state index is -0.0976. The van der Waals surface area contributed by atoms with Crippen LogP contribution in [0.25, 0.3) is 0 Å². The van der Waals surface area contributed by atoms with Crippen molar-refractivity contribution in [2.24, 2.45) is 0 Å². The molecule has 1 heterocycles. The summed E-state index contributed by atoms with van der Waals surface area (Å²) in [5.41, 5.74) is 0.945. The van der Waals surface area contributed by atoms with Crippen molar-refractivity contribution in [3.8, 4) is 11.5 Å². The maximum Gasteiger partial charge on any atom is 0.199 e. The van der Waals surface area contributed by atoms with Gasteiger partial charge in [-0.3, -0.25) is 4.79 Å². The first-order chi connectivity index (χ1) is 11.2. The molecule has 6 heteroatoms. The second kappa shape index (κ2) is 8.64. The Morgan fingerprint density at radius 1 is 1.26 bits per heavy atom. The van der Waals surface area contributed by atoms with E-state index in [-0.39, 0.29) is 24.1 Å². The maximum absolute atomic E-state index is 12.3. The van der Waals surface area contributed by atoms with Crippen LogP contribution in [-0.4, -0.2) is 37.5 Å². The third-order valence-corrected chi connectivity index (χ3v) is 4.62. The summed E-state index contributed by atoms with van der Waals surface area (Å²) >= 11 is 1.52. The molecule has 0 amide bonds. The van der Waals surface area contributed by atoms with E-state index in [1.165, 1.54) is 18.0 Å². The fourth-order valence-electron chi connectivity index (χ4n) is 2.23. The number of carbonyl (C=O) groups excluding carboxylic acids is 1. The zero-order valence-electron chi connectivity index (χ0n) is 13.2. The third-order valence-electron chi connectivity index (χ3n) is 3.36. The Kier molecular flexibility index (Phi) is 6.55. The first kappa shape index (κ1) is 17.4. The lowest BCUT2D eigenvalue weighted by atomic mass is 10.1. The monoisotopic (exact) mass is 336 g/mol. The number of hydrogen-bond acceptors (Lipinski definition) is 6. The lowest BCUT2D eigenvalue weighted by Crippen LogP contribution is -2.06. The number of Topliss-reactive ketones (excluding diaryl/α,β-unsaturated/α-hetero) is 1. The van der Waals surface area contributed by atoms with Crippen LogP contribution < -0.4 is 9.47 Å². The molecule has 0 fully saturated rings. The summed E-state index contributed by atoms with van der Waals surface area (Å²) in [6.45, 7) is 0.0589. The van der Waals surface area contributed by atoms with E-state index in [0.29, 0.717) is 23.0 Å². The summed E-state index contributed by atoms with van der Waals surface area (Å²) in [4.78, 5) is 12.3. The van der Waals surface area contributed by atoms with Crippen LogP contribution in [0.2, 0.25) is 0 Å². The van der Waals surface area contributed by atoms with Gasteiger partial charge in [0, 0.05) is 17.4 Å². The van der Waals surface area contributed by atoms with Gasteiger partial charge in [0.15, 0.2) is 23.0 Å². The van der Waals surface area contributed by atoms with Gasteiger partial charge in [-0.05, 0) is 29.8 Å². The summed E-state index contributed by atoms with van der Waals surface area (Å²) in [7, 11) is 3.15. The molecule has 1 N–H and O–H groups in total. The van der Waals surface area contributed by atoms with Gasteiger partial charge >= 0.3 is 0 Å². The van der Waals surface area contributed by atoms with Crippen LogP contribution in [0.15, 0.2) is 41.0 Å². The normalized spacial score (nSPS) is 12.0. The predicted molar refractivity (Wildman–Crippen MR) is 89.5 cm³/mol. The number of ether oxygens (including phenoxy) is 2. The van der Waals surface area contributed by atoms with Crippen molar-refractivity contribution in [2.75, 3.05) is 26.6 Å². The van der Waals surface area contributed by atoms with E-state index in [1.807, 2.05) is 18.2 Å². The van der Waals surface area contributed by atoms with Gasteiger partial charge in [-0.2, -0.15) is 11.8 Å². The number of aliphatic hydroxyl groups excluding tert-OH is 1. The number of furan rings is 1. The van der Waals surface area contributed by atoms with Crippen molar-refractivity contribution in [2.45, 2.75) is 11.7 Å². The fourth-order valence-corrected chi connectivity index (χ4v) is 3.23. The smallest absolute Gasteiger partial charge is 0.199 e. The number of benzene rings is 1. The molecule has 1 aromatic heterocycles. The third kappa shape index (κ3) is 4.53. The molecule has 23 heavy (non-hydrogen) atoms. The Bertz CT molecular complexity index is 624. The predicted octanol–water partition coefficient (Wildman–Crippen LogP) is 3.34. The summed E-state index contributed by atoms with van der Waals surface area (Å²) in [6, 6.07) is 8.94. The van der Waals surface area contributed by atoms with Crippen LogP contribution in [0, 0.1) is 0 Å². The van der Waals surface area contributed by atoms with Gasteiger partial charge < -0.3 is 19.0 Å². The van der Waals surface area contributed by atoms with Crippen LogP contribution in [0.4, 0.5) is 0 Å². The highest BCUT2D eigenvalue weighted by atomic mass is 32.2. The van der Waals surface area contributed by atoms with E-state index >= 15 is 0 Å². The highest BCUT2D eigenvalue weighted by Gasteiger charge is 2.20. The molecular formula is C17H20O5S. The summed E-state index contributed by atoms with van der Waals surface area (Å²) in [5.74, 6) is 2.08. The SMILES string of the molecule is COc1ccc(C(CC(=O)c2ccco2)SCCO)cc1OC. The Labute approximate surface area is 139 Å². The molecule has 0 aliphatic carbocycles. The first-order valence-electron chi connectivity index (χ1n) is 7.20. The average molecular weight is 336 g/mol. The van der Waals surface area contributed by atoms with E-state index in [9.17, 15) is 4.79 Å². The zero-order chi connectivity index (χ0) is 16.7. The molecule has 0 saturated carbocycles. The second-order valence-corrected chi connectivity index (χ2v) is 6.11. The Morgan fingerprint density at radius 2 is 2.04 bits per heavy atom. The molecule has 0 bridgehead atoms. The Morgan fingerprint density at radius 3 is 2.65 bits per heavy atom. The Balaban J connectivity index is 2.22. The molecule has 5 nitrogen and oxygen atoms in total. The summed E-state index contributed by atoms with van der Waals surface area (Å²) < 4.78 is 15.7. The number of aliphatic hydroxyl groups is 1. The molecule has 2 aromatic rings. The van der Waals surface area contributed by atoms with Gasteiger partial charge in [0.2, 0.25) is 0 Å². The van der Waals surface area contributed by atoms with E-state index in [1.54, 1.807) is 26.4 Å². The van der Waals surface area contributed by atoms with Gasteiger partial charge in [0.05, 0.1) is 27.1 Å².